The summed E-state index contributed by atoms with van der Waals surface area (Å²) in [5.41, 5.74) is 3.66. The molecule has 3 saturated heterocycles. The van der Waals surface area contributed by atoms with E-state index in [0.717, 1.165) is 59.7 Å². The van der Waals surface area contributed by atoms with E-state index >= 15 is 4.39 Å². The van der Waals surface area contributed by atoms with Gasteiger partial charge in [0.25, 0.3) is 0 Å². The fraction of sp³-hybridized carbons (Fsp3) is 0.425. The molecule has 1 aliphatic carbocycles. The zero-order valence-corrected chi connectivity index (χ0v) is 28.9. The fourth-order valence-corrected chi connectivity index (χ4v) is 8.65. The third-order valence-corrected chi connectivity index (χ3v) is 11.3. The third kappa shape index (κ3) is 5.44. The van der Waals surface area contributed by atoms with Crippen LogP contribution in [0.4, 0.5) is 4.39 Å². The van der Waals surface area contributed by atoms with Crippen molar-refractivity contribution in [2.75, 3.05) is 40.8 Å². The number of aromatic nitrogens is 2. The molecule has 0 radical (unpaired) electrons. The molecule has 4 atom stereocenters. The first-order chi connectivity index (χ1) is 24.2. The Bertz CT molecular complexity index is 2170. The number of carbonyl (C=O) groups excluding carboxylic acids is 1. The van der Waals surface area contributed by atoms with Gasteiger partial charge in [0.05, 0.1) is 23.0 Å². The van der Waals surface area contributed by atoms with Crippen LogP contribution in [-0.4, -0.2) is 83.3 Å². The SMILES string of the molecule is CN(C)C(=O)CCc1cc2c(OC[C@@H]3CCCN3C)nc3c(F)c(-c4cc(O)cc5ccccc45)c(CCC#N)cc3c2n1C1C2CNC1C2. The van der Waals surface area contributed by atoms with Gasteiger partial charge in [-0.25, -0.2) is 9.37 Å². The first kappa shape index (κ1) is 32.5. The molecule has 10 heteroatoms. The molecule has 1 amide bonds. The van der Waals surface area contributed by atoms with Gasteiger partial charge < -0.3 is 29.5 Å². The number of aromatic hydroxyl groups is 1. The lowest BCUT2D eigenvalue weighted by Crippen LogP contribution is -2.39. The summed E-state index contributed by atoms with van der Waals surface area (Å²) in [6.07, 6.45) is 4.62. The number of nitrogens with zero attached hydrogens (tertiary/aromatic N) is 5. The van der Waals surface area contributed by atoms with Crippen LogP contribution in [0.5, 0.6) is 11.6 Å². The number of carbonyl (C=O) groups is 1. The Morgan fingerprint density at radius 3 is 2.72 bits per heavy atom. The van der Waals surface area contributed by atoms with Crippen LogP contribution in [0.2, 0.25) is 0 Å². The first-order valence-electron chi connectivity index (χ1n) is 17.8. The smallest absolute Gasteiger partial charge is 0.223 e. The maximum absolute atomic E-state index is 17.6. The van der Waals surface area contributed by atoms with Crippen molar-refractivity contribution in [2.45, 2.75) is 63.1 Å². The summed E-state index contributed by atoms with van der Waals surface area (Å²) < 4.78 is 26.5. The highest BCUT2D eigenvalue weighted by molar-refractivity contribution is 6.10. The average molecular weight is 675 g/mol. The van der Waals surface area contributed by atoms with E-state index in [1.54, 1.807) is 31.1 Å². The number of nitrogens with one attached hydrogen (secondary N) is 1. The monoisotopic (exact) mass is 674 g/mol. The lowest BCUT2D eigenvalue weighted by atomic mass is 9.79. The van der Waals surface area contributed by atoms with Crippen LogP contribution in [-0.2, 0) is 17.6 Å². The first-order valence-corrected chi connectivity index (χ1v) is 17.8. The summed E-state index contributed by atoms with van der Waals surface area (Å²) in [7, 11) is 5.65. The van der Waals surface area contributed by atoms with Gasteiger partial charge in [0.15, 0.2) is 5.82 Å². The van der Waals surface area contributed by atoms with Crippen molar-refractivity contribution in [1.82, 2.24) is 24.7 Å². The summed E-state index contributed by atoms with van der Waals surface area (Å²) in [6.45, 7) is 2.36. The minimum Gasteiger partial charge on any atom is -0.508 e. The van der Waals surface area contributed by atoms with Gasteiger partial charge in [-0.3, -0.25) is 4.79 Å². The Morgan fingerprint density at radius 2 is 2.00 bits per heavy atom. The number of fused-ring (bicyclic) bond motifs is 5. The van der Waals surface area contributed by atoms with Crippen LogP contribution in [0.25, 0.3) is 43.7 Å². The summed E-state index contributed by atoms with van der Waals surface area (Å²) in [6, 6.07) is 18.0. The third-order valence-electron chi connectivity index (χ3n) is 11.3. The van der Waals surface area contributed by atoms with E-state index in [1.165, 1.54) is 0 Å². The number of pyridine rings is 1. The van der Waals surface area contributed by atoms with E-state index < -0.39 is 5.82 Å². The molecule has 258 valence electrons. The number of hydrogen-bond acceptors (Lipinski definition) is 7. The number of rotatable bonds is 10. The number of ether oxygens (including phenoxy) is 1. The predicted molar refractivity (Wildman–Crippen MR) is 193 cm³/mol. The summed E-state index contributed by atoms with van der Waals surface area (Å²) in [5, 5.41) is 27.2. The molecule has 3 unspecified atom stereocenters. The van der Waals surface area contributed by atoms with Gasteiger partial charge >= 0.3 is 0 Å². The van der Waals surface area contributed by atoms with E-state index in [2.05, 4.69) is 34.0 Å². The molecule has 50 heavy (non-hydrogen) atoms. The lowest BCUT2D eigenvalue weighted by molar-refractivity contribution is -0.128. The Labute approximate surface area is 291 Å². The summed E-state index contributed by atoms with van der Waals surface area (Å²) >= 11 is 0. The Morgan fingerprint density at radius 1 is 1.16 bits per heavy atom. The maximum Gasteiger partial charge on any atom is 0.223 e. The summed E-state index contributed by atoms with van der Waals surface area (Å²) in [5.74, 6) is 0.410. The fourth-order valence-electron chi connectivity index (χ4n) is 8.65. The zero-order chi connectivity index (χ0) is 34.7. The van der Waals surface area contributed by atoms with Gasteiger partial charge in [-0.2, -0.15) is 5.26 Å². The predicted octanol–water partition coefficient (Wildman–Crippen LogP) is 6.34. The molecule has 4 aliphatic rings. The van der Waals surface area contributed by atoms with Crippen LogP contribution in [0.1, 0.15) is 49.4 Å². The standard InChI is InChI=1S/C40H43FN6O3/c1-45(2)34(49)13-12-26-19-32-39(47(26)38-25-18-33(38)43-21-25)31-17-24(9-6-14-42)35(30-20-28(48)16-23-8-4-5-11-29(23)30)36(41)37(31)44-40(32)50-22-27-10-7-15-46(27)3/h4-5,8,11,16-17,19-20,25,27,33,38,43,48H,6-7,9-10,12-13,15,18,21-22H2,1-3H3/t25?,27-,33?,38?/m0/s1. The van der Waals surface area contributed by atoms with Gasteiger partial charge in [0.2, 0.25) is 11.8 Å². The number of likely N-dealkylation sites (tertiary alicyclic amines) is 1. The number of phenolic OH excluding ortho intramolecular Hbond substituents is 1. The average Bonchev–Trinajstić information content (AvgIpc) is 3.91. The molecule has 9 rings (SSSR count). The van der Waals surface area contributed by atoms with Crippen molar-refractivity contribution >= 4 is 38.5 Å². The van der Waals surface area contributed by atoms with Crippen molar-refractivity contribution in [3.8, 4) is 28.8 Å². The van der Waals surface area contributed by atoms with E-state index in [1.807, 2.05) is 30.3 Å². The largest absolute Gasteiger partial charge is 0.508 e. The molecule has 2 aromatic heterocycles. The molecule has 2 bridgehead atoms. The molecule has 5 aromatic rings. The van der Waals surface area contributed by atoms with Crippen molar-refractivity contribution in [1.29, 1.82) is 5.26 Å². The van der Waals surface area contributed by atoms with Crippen LogP contribution in [0, 0.1) is 23.1 Å². The lowest BCUT2D eigenvalue weighted by Gasteiger charge is -2.38. The number of likely N-dealkylation sites (N-methyl/N-ethyl adjacent to an activating group) is 1. The molecular weight excluding hydrogens is 631 g/mol. The molecule has 1 saturated carbocycles. The second kappa shape index (κ2) is 12.9. The van der Waals surface area contributed by atoms with Gasteiger partial charge in [-0.1, -0.05) is 24.3 Å². The van der Waals surface area contributed by atoms with Gasteiger partial charge in [0, 0.05) is 62.2 Å². The number of benzene rings is 3. The van der Waals surface area contributed by atoms with Crippen LogP contribution in [0.15, 0.2) is 48.5 Å². The maximum atomic E-state index is 17.6. The Balaban J connectivity index is 1.41. The van der Waals surface area contributed by atoms with E-state index in [9.17, 15) is 15.2 Å². The molecule has 9 nitrogen and oxygen atoms in total. The molecular formula is C40H43FN6O3. The van der Waals surface area contributed by atoms with E-state index in [-0.39, 0.29) is 35.7 Å². The number of aryl methyl sites for hydroxylation is 2. The number of amides is 1. The minimum absolute atomic E-state index is 0.0382. The Kier molecular flexibility index (Phi) is 8.36. The van der Waals surface area contributed by atoms with Crippen LogP contribution in [0.3, 0.4) is 0 Å². The number of hydrogen-bond donors (Lipinski definition) is 2. The second-order valence-corrected chi connectivity index (χ2v) is 14.6. The van der Waals surface area contributed by atoms with Crippen molar-refractivity contribution < 1.29 is 19.0 Å². The molecule has 5 heterocycles. The highest BCUT2D eigenvalue weighted by Crippen LogP contribution is 2.49. The second-order valence-electron chi connectivity index (χ2n) is 14.6. The molecule has 2 N–H and O–H groups in total. The van der Waals surface area contributed by atoms with Gasteiger partial charge in [-0.15, -0.1) is 0 Å². The topological polar surface area (TPSA) is 107 Å². The van der Waals surface area contributed by atoms with Crippen molar-refractivity contribution in [3.05, 3.63) is 65.6 Å². The minimum atomic E-state index is -0.497. The van der Waals surface area contributed by atoms with Gasteiger partial charge in [-0.05, 0) is 97.8 Å². The highest BCUT2D eigenvalue weighted by Gasteiger charge is 2.49. The molecule has 4 fully saturated rings. The van der Waals surface area contributed by atoms with Crippen molar-refractivity contribution in [2.24, 2.45) is 5.92 Å². The number of halogens is 1. The van der Waals surface area contributed by atoms with Gasteiger partial charge in [0.1, 0.15) is 17.9 Å². The van der Waals surface area contributed by atoms with E-state index in [4.69, 9.17) is 9.72 Å². The molecule has 3 aromatic carbocycles. The Hall–Kier alpha value is -4.72. The molecule has 0 spiro atoms. The van der Waals surface area contributed by atoms with Crippen LogP contribution >= 0.6 is 0 Å². The quantitative estimate of drug-likeness (QED) is 0.178. The van der Waals surface area contributed by atoms with Crippen molar-refractivity contribution in [3.63, 3.8) is 0 Å². The number of nitriles is 1. The normalized spacial score (nSPS) is 21.6. The number of phenols is 1. The zero-order valence-electron chi connectivity index (χ0n) is 28.9. The van der Waals surface area contributed by atoms with Crippen LogP contribution < -0.4 is 10.1 Å². The van der Waals surface area contributed by atoms with E-state index in [0.29, 0.717) is 65.8 Å². The molecule has 3 aliphatic heterocycles. The summed E-state index contributed by atoms with van der Waals surface area (Å²) in [4.78, 5) is 21.7. The highest BCUT2D eigenvalue weighted by atomic mass is 19.1.